The maximum absolute atomic E-state index is 6.50. The van der Waals surface area contributed by atoms with Crippen molar-refractivity contribution < 1.29 is 28.4 Å². The molecule has 3 heterocycles. The van der Waals surface area contributed by atoms with Crippen molar-refractivity contribution in [3.8, 4) is 0 Å². The summed E-state index contributed by atoms with van der Waals surface area (Å²) in [5, 5.41) is 0. The van der Waals surface area contributed by atoms with Crippen molar-refractivity contribution >= 4 is 0 Å². The Morgan fingerprint density at radius 1 is 0.800 bits per heavy atom. The lowest BCUT2D eigenvalue weighted by Gasteiger charge is -2.44. The molecule has 2 saturated carbocycles. The van der Waals surface area contributed by atoms with Crippen LogP contribution in [0.3, 0.4) is 0 Å². The third-order valence-corrected chi connectivity index (χ3v) is 6.69. The van der Waals surface area contributed by atoms with Crippen molar-refractivity contribution in [2.75, 3.05) is 20.3 Å². The predicted molar refractivity (Wildman–Crippen MR) is 87.9 cm³/mol. The minimum absolute atomic E-state index is 0.0832. The minimum atomic E-state index is -0.864. The second-order valence-electron chi connectivity index (χ2n) is 8.35. The second kappa shape index (κ2) is 6.14. The fourth-order valence-corrected chi connectivity index (χ4v) is 5.43. The lowest BCUT2D eigenvalue weighted by atomic mass is 9.93. The van der Waals surface area contributed by atoms with Crippen LogP contribution in [0.15, 0.2) is 0 Å². The van der Waals surface area contributed by atoms with Gasteiger partial charge < -0.3 is 28.4 Å². The zero-order chi connectivity index (χ0) is 17.0. The Labute approximate surface area is 149 Å². The van der Waals surface area contributed by atoms with E-state index >= 15 is 0 Å². The standard InChI is InChI=1S/C19H30O6/c1-20-16-15-14(23-18(24-15)10-6-3-7-11-18)12-21-19(16)13-22-17(25-19)8-4-2-5-9-17/h14-16H,2-13H2,1H3/t14-,15-,16?,19+/m1/s1. The molecule has 0 aromatic heterocycles. The van der Waals surface area contributed by atoms with Gasteiger partial charge in [0.2, 0.25) is 5.79 Å². The highest BCUT2D eigenvalue weighted by Gasteiger charge is 2.65. The molecule has 3 aliphatic heterocycles. The van der Waals surface area contributed by atoms with E-state index in [1.165, 1.54) is 12.8 Å². The highest BCUT2D eigenvalue weighted by molar-refractivity contribution is 5.04. The minimum Gasteiger partial charge on any atom is -0.373 e. The van der Waals surface area contributed by atoms with Gasteiger partial charge >= 0.3 is 0 Å². The van der Waals surface area contributed by atoms with E-state index in [-0.39, 0.29) is 18.3 Å². The molecule has 6 nitrogen and oxygen atoms in total. The zero-order valence-corrected chi connectivity index (χ0v) is 15.2. The summed E-state index contributed by atoms with van der Waals surface area (Å²) < 4.78 is 37.6. The van der Waals surface area contributed by atoms with Crippen molar-refractivity contribution in [1.29, 1.82) is 0 Å². The SMILES string of the molecule is COC1[C@@H]2OC3(CCCCC3)O[C@@H]2CO[C@]12COC1(CCCCC1)O2. The molecule has 0 aromatic carbocycles. The normalized spacial score (nSPS) is 45.2. The van der Waals surface area contributed by atoms with Gasteiger partial charge in [-0.05, 0) is 25.7 Å². The maximum atomic E-state index is 6.50. The monoisotopic (exact) mass is 354 g/mol. The number of fused-ring (bicyclic) bond motifs is 1. The number of rotatable bonds is 1. The molecular weight excluding hydrogens is 324 g/mol. The molecule has 0 radical (unpaired) electrons. The molecule has 142 valence electrons. The molecule has 3 saturated heterocycles. The fourth-order valence-electron chi connectivity index (χ4n) is 5.43. The van der Waals surface area contributed by atoms with Crippen LogP contribution in [0, 0.1) is 0 Å². The highest BCUT2D eigenvalue weighted by atomic mass is 16.9. The lowest BCUT2D eigenvalue weighted by Crippen LogP contribution is -2.62. The van der Waals surface area contributed by atoms with E-state index in [1.54, 1.807) is 7.11 Å². The van der Waals surface area contributed by atoms with Crippen LogP contribution in [0.5, 0.6) is 0 Å². The van der Waals surface area contributed by atoms with Gasteiger partial charge in [0.15, 0.2) is 11.6 Å². The molecule has 3 spiro atoms. The second-order valence-corrected chi connectivity index (χ2v) is 8.35. The van der Waals surface area contributed by atoms with Gasteiger partial charge in [0, 0.05) is 32.8 Å². The molecule has 0 N–H and O–H groups in total. The van der Waals surface area contributed by atoms with E-state index in [0.29, 0.717) is 13.2 Å². The van der Waals surface area contributed by atoms with Crippen molar-refractivity contribution in [1.82, 2.24) is 0 Å². The van der Waals surface area contributed by atoms with Crippen LogP contribution >= 0.6 is 0 Å². The molecule has 6 heteroatoms. The summed E-state index contributed by atoms with van der Waals surface area (Å²) >= 11 is 0. The molecule has 2 aliphatic carbocycles. The van der Waals surface area contributed by atoms with Crippen molar-refractivity contribution in [2.24, 2.45) is 0 Å². The van der Waals surface area contributed by atoms with Crippen LogP contribution in [0.4, 0.5) is 0 Å². The number of ether oxygens (including phenoxy) is 6. The zero-order valence-electron chi connectivity index (χ0n) is 15.2. The van der Waals surface area contributed by atoms with Gasteiger partial charge in [-0.15, -0.1) is 0 Å². The molecule has 5 rings (SSSR count). The molecule has 5 aliphatic rings. The summed E-state index contributed by atoms with van der Waals surface area (Å²) in [7, 11) is 1.71. The van der Waals surface area contributed by atoms with Crippen molar-refractivity contribution in [3.63, 3.8) is 0 Å². The molecule has 1 unspecified atom stereocenters. The molecule has 0 aromatic rings. The molecule has 0 amide bonds. The quantitative estimate of drug-likeness (QED) is 0.722. The van der Waals surface area contributed by atoms with E-state index in [4.69, 9.17) is 28.4 Å². The van der Waals surface area contributed by atoms with Crippen LogP contribution in [0.25, 0.3) is 0 Å². The smallest absolute Gasteiger partial charge is 0.224 e. The highest BCUT2D eigenvalue weighted by Crippen LogP contribution is 2.50. The summed E-state index contributed by atoms with van der Waals surface area (Å²) in [4.78, 5) is 0. The number of hydrogen-bond acceptors (Lipinski definition) is 6. The third kappa shape index (κ3) is 2.68. The Hall–Kier alpha value is -0.240. The molecule has 0 bridgehead atoms. The van der Waals surface area contributed by atoms with Gasteiger partial charge in [-0.25, -0.2) is 0 Å². The summed E-state index contributed by atoms with van der Waals surface area (Å²) in [6.45, 7) is 0.886. The van der Waals surface area contributed by atoms with Gasteiger partial charge in [-0.1, -0.05) is 12.8 Å². The predicted octanol–water partition coefficient (Wildman–Crippen LogP) is 2.88. The van der Waals surface area contributed by atoms with Crippen LogP contribution < -0.4 is 0 Å². The first-order valence-corrected chi connectivity index (χ1v) is 10.0. The van der Waals surface area contributed by atoms with Crippen molar-refractivity contribution in [3.05, 3.63) is 0 Å². The number of methoxy groups -OCH3 is 1. The van der Waals surface area contributed by atoms with Crippen LogP contribution in [-0.4, -0.2) is 56.0 Å². The Morgan fingerprint density at radius 2 is 1.48 bits per heavy atom. The average Bonchev–Trinajstić information content (AvgIpc) is 3.16. The first kappa shape index (κ1) is 16.9. The largest absolute Gasteiger partial charge is 0.373 e. The van der Waals surface area contributed by atoms with E-state index in [1.807, 2.05) is 0 Å². The Bertz CT molecular complexity index is 486. The fraction of sp³-hybridized carbons (Fsp3) is 1.00. The number of hydrogen-bond donors (Lipinski definition) is 0. The molecule has 5 fully saturated rings. The van der Waals surface area contributed by atoms with Crippen LogP contribution in [-0.2, 0) is 28.4 Å². The van der Waals surface area contributed by atoms with Gasteiger partial charge in [0.1, 0.15) is 24.9 Å². The summed E-state index contributed by atoms with van der Waals surface area (Å²) in [5.41, 5.74) is 0. The van der Waals surface area contributed by atoms with Gasteiger partial charge in [0.25, 0.3) is 0 Å². The van der Waals surface area contributed by atoms with Gasteiger partial charge in [-0.2, -0.15) is 0 Å². The Kier molecular flexibility index (Phi) is 4.15. The molecule has 4 atom stereocenters. The van der Waals surface area contributed by atoms with E-state index in [2.05, 4.69) is 0 Å². The van der Waals surface area contributed by atoms with Crippen LogP contribution in [0.2, 0.25) is 0 Å². The van der Waals surface area contributed by atoms with E-state index in [9.17, 15) is 0 Å². The summed E-state index contributed by atoms with van der Waals surface area (Å²) in [6.07, 6.45) is 10.3. The lowest BCUT2D eigenvalue weighted by molar-refractivity contribution is -0.339. The summed E-state index contributed by atoms with van der Waals surface area (Å²) in [5.74, 6) is -1.80. The van der Waals surface area contributed by atoms with E-state index in [0.717, 1.165) is 51.4 Å². The van der Waals surface area contributed by atoms with E-state index < -0.39 is 17.4 Å². The van der Waals surface area contributed by atoms with Gasteiger partial charge in [0.05, 0.1) is 6.61 Å². The molecule has 25 heavy (non-hydrogen) atoms. The van der Waals surface area contributed by atoms with Crippen LogP contribution in [0.1, 0.15) is 64.2 Å². The average molecular weight is 354 g/mol. The first-order valence-electron chi connectivity index (χ1n) is 10.0. The molecular formula is C19H30O6. The first-order chi connectivity index (χ1) is 12.2. The summed E-state index contributed by atoms with van der Waals surface area (Å²) in [6, 6.07) is 0. The maximum Gasteiger partial charge on any atom is 0.224 e. The Morgan fingerprint density at radius 3 is 2.16 bits per heavy atom. The van der Waals surface area contributed by atoms with Gasteiger partial charge in [-0.3, -0.25) is 0 Å². The van der Waals surface area contributed by atoms with Crippen molar-refractivity contribution in [2.45, 2.75) is 99.9 Å². The third-order valence-electron chi connectivity index (χ3n) is 6.69. The Balaban J connectivity index is 1.37. The topological polar surface area (TPSA) is 55.4 Å².